The first-order valence-electron chi connectivity index (χ1n) is 11.2. The smallest absolute Gasteiger partial charge is 0.342 e. The minimum absolute atomic E-state index is 0.00813. The van der Waals surface area contributed by atoms with Crippen molar-refractivity contribution in [3.05, 3.63) is 76.3 Å². The number of benzene rings is 2. The number of hydrogen-bond acceptors (Lipinski definition) is 3. The highest BCUT2D eigenvalue weighted by atomic mass is 19.4. The zero-order chi connectivity index (χ0) is 23.9. The van der Waals surface area contributed by atoms with Crippen LogP contribution in [0.5, 0.6) is 0 Å². The Kier molecular flexibility index (Phi) is 5.63. The van der Waals surface area contributed by atoms with Crippen LogP contribution < -0.4 is 5.69 Å². The summed E-state index contributed by atoms with van der Waals surface area (Å²) >= 11 is 0. The number of nitrogens with one attached hydrogen (secondary N) is 1. The van der Waals surface area contributed by atoms with Crippen LogP contribution in [-0.4, -0.2) is 38.4 Å². The van der Waals surface area contributed by atoms with E-state index in [1.807, 2.05) is 30.3 Å². The van der Waals surface area contributed by atoms with E-state index in [-0.39, 0.29) is 35.8 Å². The summed E-state index contributed by atoms with van der Waals surface area (Å²) in [5.41, 5.74) is 0.498. The second-order valence-electron chi connectivity index (χ2n) is 8.77. The van der Waals surface area contributed by atoms with Crippen LogP contribution in [0.3, 0.4) is 0 Å². The average Bonchev–Trinajstić information content (AvgIpc) is 3.13. The Morgan fingerprint density at radius 3 is 2.65 bits per heavy atom. The number of piperidine rings is 1. The van der Waals surface area contributed by atoms with E-state index in [2.05, 4.69) is 9.97 Å². The lowest BCUT2D eigenvalue weighted by molar-refractivity contribution is -0.136. The molecule has 0 radical (unpaired) electrons. The lowest BCUT2D eigenvalue weighted by atomic mass is 9.96. The van der Waals surface area contributed by atoms with Gasteiger partial charge in [0.15, 0.2) is 0 Å². The van der Waals surface area contributed by atoms with Crippen molar-refractivity contribution < 1.29 is 18.0 Å². The van der Waals surface area contributed by atoms with E-state index < -0.39 is 17.4 Å². The Morgan fingerprint density at radius 1 is 1.09 bits per heavy atom. The van der Waals surface area contributed by atoms with Gasteiger partial charge in [-0.1, -0.05) is 18.2 Å². The fraction of sp³-hybridized carbons (Fsp3) is 0.320. The Balaban J connectivity index is 1.26. The topological polar surface area (TPSA) is 71.0 Å². The molecule has 0 spiro atoms. The maximum absolute atomic E-state index is 13.5. The van der Waals surface area contributed by atoms with Crippen LogP contribution in [0.1, 0.15) is 24.0 Å². The monoisotopic (exact) mass is 468 g/mol. The van der Waals surface area contributed by atoms with Crippen molar-refractivity contribution in [3.8, 4) is 0 Å². The molecule has 0 bridgehead atoms. The van der Waals surface area contributed by atoms with Gasteiger partial charge in [0, 0.05) is 31.2 Å². The fourth-order valence-electron chi connectivity index (χ4n) is 4.77. The number of carbonyl (C=O) groups is 1. The van der Waals surface area contributed by atoms with Crippen molar-refractivity contribution in [1.29, 1.82) is 0 Å². The minimum Gasteiger partial charge on any atom is -0.342 e. The third-order valence-electron chi connectivity index (χ3n) is 6.53. The van der Waals surface area contributed by atoms with Gasteiger partial charge in [0.2, 0.25) is 5.91 Å². The molecule has 3 heterocycles. The fourth-order valence-corrected chi connectivity index (χ4v) is 4.77. The summed E-state index contributed by atoms with van der Waals surface area (Å²) in [5.74, 6) is 0.0269. The predicted octanol–water partition coefficient (Wildman–Crippen LogP) is 4.38. The van der Waals surface area contributed by atoms with Gasteiger partial charge in [0.25, 0.3) is 0 Å². The molecule has 6 nitrogen and oxygen atoms in total. The first kappa shape index (κ1) is 22.2. The summed E-state index contributed by atoms with van der Waals surface area (Å²) in [7, 11) is 0. The number of hydrogen-bond donors (Lipinski definition) is 1. The van der Waals surface area contributed by atoms with E-state index in [9.17, 15) is 22.8 Å². The minimum atomic E-state index is -4.55. The molecule has 176 valence electrons. The quantitative estimate of drug-likeness (QED) is 0.483. The highest BCUT2D eigenvalue weighted by Crippen LogP contribution is 2.34. The summed E-state index contributed by atoms with van der Waals surface area (Å²) in [6.07, 6.45) is -1.29. The molecule has 1 aliphatic heterocycles. The molecular weight excluding hydrogens is 445 g/mol. The van der Waals surface area contributed by atoms with Gasteiger partial charge in [-0.3, -0.25) is 14.3 Å². The number of halogens is 3. The van der Waals surface area contributed by atoms with Gasteiger partial charge in [-0.2, -0.15) is 13.2 Å². The molecule has 0 atom stereocenters. The van der Waals surface area contributed by atoms with Crippen molar-refractivity contribution in [2.45, 2.75) is 32.0 Å². The van der Waals surface area contributed by atoms with Crippen LogP contribution in [0.4, 0.5) is 13.2 Å². The van der Waals surface area contributed by atoms with Crippen LogP contribution in [0.2, 0.25) is 0 Å². The van der Waals surface area contributed by atoms with Crippen molar-refractivity contribution in [1.82, 2.24) is 19.4 Å². The highest BCUT2D eigenvalue weighted by Gasteiger charge is 2.35. The molecule has 2 aromatic carbocycles. The number of imidazole rings is 1. The third-order valence-corrected chi connectivity index (χ3v) is 6.53. The molecular formula is C25H23F3N4O2. The molecule has 0 saturated carbocycles. The Labute approximate surface area is 193 Å². The van der Waals surface area contributed by atoms with Gasteiger partial charge in [-0.25, -0.2) is 4.79 Å². The van der Waals surface area contributed by atoms with Gasteiger partial charge in [-0.05, 0) is 54.7 Å². The van der Waals surface area contributed by atoms with Gasteiger partial charge in [0.05, 0.1) is 28.5 Å². The Hall–Kier alpha value is -3.62. The molecule has 34 heavy (non-hydrogen) atoms. The third kappa shape index (κ3) is 4.30. The van der Waals surface area contributed by atoms with Crippen molar-refractivity contribution in [2.24, 2.45) is 5.92 Å². The zero-order valence-corrected chi connectivity index (χ0v) is 18.3. The summed E-state index contributed by atoms with van der Waals surface area (Å²) < 4.78 is 41.7. The van der Waals surface area contributed by atoms with E-state index >= 15 is 0 Å². The number of alkyl halides is 3. The lowest BCUT2D eigenvalue weighted by Gasteiger charge is -2.32. The van der Waals surface area contributed by atoms with Crippen LogP contribution in [-0.2, 0) is 23.9 Å². The molecule has 1 amide bonds. The number of aromatic amines is 1. The van der Waals surface area contributed by atoms with Crippen molar-refractivity contribution in [3.63, 3.8) is 0 Å². The first-order valence-corrected chi connectivity index (χ1v) is 11.2. The van der Waals surface area contributed by atoms with Crippen LogP contribution in [0.25, 0.3) is 21.9 Å². The van der Waals surface area contributed by atoms with Gasteiger partial charge in [-0.15, -0.1) is 0 Å². The number of rotatable bonds is 4. The van der Waals surface area contributed by atoms with Crippen LogP contribution in [0, 0.1) is 5.92 Å². The molecule has 5 rings (SSSR count). The summed E-state index contributed by atoms with van der Waals surface area (Å²) in [6.45, 7) is 1.22. The Bertz CT molecular complexity index is 1420. The number of fused-ring (bicyclic) bond motifs is 2. The van der Waals surface area contributed by atoms with Crippen molar-refractivity contribution >= 4 is 27.8 Å². The molecule has 1 saturated heterocycles. The number of pyridine rings is 1. The molecule has 0 unspecified atom stereocenters. The normalized spacial score (nSPS) is 15.3. The van der Waals surface area contributed by atoms with Gasteiger partial charge >= 0.3 is 11.9 Å². The molecule has 0 aliphatic carbocycles. The number of aromatic nitrogens is 3. The van der Waals surface area contributed by atoms with E-state index in [4.69, 9.17) is 0 Å². The standard InChI is InChI=1S/C25H23F3N4O2/c26-25(27,28)19-4-1-5-21-23(19)32(24(34)30-21)15-16-8-11-31(12-9-16)22(33)14-17-6-7-20-18(13-17)3-2-10-29-20/h1-7,10,13,16H,8-9,11-12,14-15H2,(H,30,34). The van der Waals surface area contributed by atoms with Gasteiger partial charge in [0.1, 0.15) is 0 Å². The first-order chi connectivity index (χ1) is 16.3. The summed E-state index contributed by atoms with van der Waals surface area (Å²) in [4.78, 5) is 33.9. The lowest BCUT2D eigenvalue weighted by Crippen LogP contribution is -2.40. The van der Waals surface area contributed by atoms with Crippen LogP contribution in [0.15, 0.2) is 59.5 Å². The molecule has 1 fully saturated rings. The van der Waals surface area contributed by atoms with Crippen molar-refractivity contribution in [2.75, 3.05) is 13.1 Å². The molecule has 2 aromatic heterocycles. The SMILES string of the molecule is O=C(Cc1ccc2ncccc2c1)N1CCC(Cn2c(=O)[nH]c3cccc(C(F)(F)F)c32)CC1. The summed E-state index contributed by atoms with van der Waals surface area (Å²) in [5, 5.41) is 0.980. The molecule has 9 heteroatoms. The maximum atomic E-state index is 13.5. The molecule has 1 aliphatic rings. The van der Waals surface area contributed by atoms with E-state index in [0.29, 0.717) is 25.9 Å². The maximum Gasteiger partial charge on any atom is 0.418 e. The number of likely N-dealkylation sites (tertiary alicyclic amines) is 1. The van der Waals surface area contributed by atoms with E-state index in [1.165, 1.54) is 16.7 Å². The number of amides is 1. The average molecular weight is 468 g/mol. The zero-order valence-electron chi connectivity index (χ0n) is 18.3. The largest absolute Gasteiger partial charge is 0.418 e. The number of nitrogens with zero attached hydrogens (tertiary/aromatic N) is 3. The highest BCUT2D eigenvalue weighted by molar-refractivity contribution is 5.83. The van der Waals surface area contributed by atoms with Crippen LogP contribution >= 0.6 is 0 Å². The second kappa shape index (κ2) is 8.62. The van der Waals surface area contributed by atoms with Gasteiger partial charge < -0.3 is 9.88 Å². The molecule has 4 aromatic rings. The summed E-state index contributed by atoms with van der Waals surface area (Å²) in [6, 6.07) is 13.4. The number of para-hydroxylation sites is 1. The predicted molar refractivity (Wildman–Crippen MR) is 122 cm³/mol. The Morgan fingerprint density at radius 2 is 1.88 bits per heavy atom. The molecule has 1 N–H and O–H groups in total. The van der Waals surface area contributed by atoms with E-state index in [0.717, 1.165) is 22.5 Å². The van der Waals surface area contributed by atoms with E-state index in [1.54, 1.807) is 11.1 Å². The number of carbonyl (C=O) groups excluding carboxylic acids is 1. The number of H-pyrrole nitrogens is 1. The second-order valence-corrected chi connectivity index (χ2v) is 8.77.